The molecule has 118 valence electrons. The Kier molecular flexibility index (Phi) is 4.80. The van der Waals surface area contributed by atoms with E-state index in [1.54, 1.807) is 7.11 Å². The van der Waals surface area contributed by atoms with Gasteiger partial charge in [-0.1, -0.05) is 24.3 Å². The second-order valence-electron chi connectivity index (χ2n) is 5.88. The van der Waals surface area contributed by atoms with Crippen molar-refractivity contribution in [1.29, 1.82) is 5.26 Å². The fourth-order valence-electron chi connectivity index (χ4n) is 3.12. The van der Waals surface area contributed by atoms with Crippen LogP contribution in [0.3, 0.4) is 0 Å². The SMILES string of the molecule is COc1cccc(N2CC[NH+](Cc3ccccc3C#N)CC2)c1. The third kappa shape index (κ3) is 3.64. The number of piperazine rings is 1. The van der Waals surface area contributed by atoms with E-state index in [4.69, 9.17) is 4.74 Å². The molecule has 2 aromatic rings. The van der Waals surface area contributed by atoms with Crippen LogP contribution in [0.1, 0.15) is 11.1 Å². The number of rotatable bonds is 4. The summed E-state index contributed by atoms with van der Waals surface area (Å²) < 4.78 is 5.31. The summed E-state index contributed by atoms with van der Waals surface area (Å²) in [4.78, 5) is 3.94. The smallest absolute Gasteiger partial charge is 0.120 e. The van der Waals surface area contributed by atoms with Crippen LogP contribution in [0.4, 0.5) is 5.69 Å². The standard InChI is InChI=1S/C19H21N3O/c1-23-19-8-4-7-18(13-19)22-11-9-21(10-12-22)15-17-6-3-2-5-16(17)14-20/h2-8,13H,9-12,15H2,1H3/p+1. The maximum atomic E-state index is 9.21. The fourth-order valence-corrected chi connectivity index (χ4v) is 3.12. The zero-order chi connectivity index (χ0) is 16.1. The molecule has 0 aliphatic carbocycles. The molecule has 1 N–H and O–H groups in total. The summed E-state index contributed by atoms with van der Waals surface area (Å²) in [5, 5.41) is 9.21. The molecule has 0 aromatic heterocycles. The van der Waals surface area contributed by atoms with Crippen molar-refractivity contribution in [1.82, 2.24) is 0 Å². The Morgan fingerprint density at radius 2 is 1.91 bits per heavy atom. The highest BCUT2D eigenvalue weighted by Gasteiger charge is 2.21. The Balaban J connectivity index is 1.61. The first-order valence-electron chi connectivity index (χ1n) is 8.00. The third-order valence-corrected chi connectivity index (χ3v) is 4.47. The monoisotopic (exact) mass is 308 g/mol. The van der Waals surface area contributed by atoms with Crippen LogP contribution >= 0.6 is 0 Å². The molecule has 3 rings (SSSR count). The first kappa shape index (κ1) is 15.4. The number of anilines is 1. The highest BCUT2D eigenvalue weighted by Crippen LogP contribution is 2.20. The molecule has 1 aliphatic heterocycles. The Bertz CT molecular complexity index is 700. The van der Waals surface area contributed by atoms with Gasteiger partial charge in [0, 0.05) is 17.3 Å². The van der Waals surface area contributed by atoms with Gasteiger partial charge in [0.25, 0.3) is 0 Å². The lowest BCUT2D eigenvalue weighted by atomic mass is 10.1. The zero-order valence-electron chi connectivity index (χ0n) is 13.5. The van der Waals surface area contributed by atoms with Gasteiger partial charge in [-0.05, 0) is 18.2 Å². The lowest BCUT2D eigenvalue weighted by Crippen LogP contribution is -3.13. The largest absolute Gasteiger partial charge is 0.497 e. The van der Waals surface area contributed by atoms with Crippen molar-refractivity contribution in [2.75, 3.05) is 38.2 Å². The van der Waals surface area contributed by atoms with Gasteiger partial charge in [-0.3, -0.25) is 0 Å². The molecule has 1 heterocycles. The first-order valence-corrected chi connectivity index (χ1v) is 8.00. The molecule has 1 fully saturated rings. The molecule has 23 heavy (non-hydrogen) atoms. The van der Waals surface area contributed by atoms with Gasteiger partial charge in [0.15, 0.2) is 0 Å². The average molecular weight is 308 g/mol. The van der Waals surface area contributed by atoms with Crippen LogP contribution in [0, 0.1) is 11.3 Å². The average Bonchev–Trinajstić information content (AvgIpc) is 2.63. The summed E-state index contributed by atoms with van der Waals surface area (Å²) in [7, 11) is 1.70. The van der Waals surface area contributed by atoms with Crippen molar-refractivity contribution in [3.63, 3.8) is 0 Å². The van der Waals surface area contributed by atoms with E-state index in [1.807, 2.05) is 30.3 Å². The lowest BCUT2D eigenvalue weighted by Gasteiger charge is -2.34. The van der Waals surface area contributed by atoms with Crippen LogP contribution in [0.2, 0.25) is 0 Å². The highest BCUT2D eigenvalue weighted by atomic mass is 16.5. The molecule has 0 radical (unpaired) electrons. The number of nitrogens with one attached hydrogen (secondary N) is 1. The van der Waals surface area contributed by atoms with Crippen molar-refractivity contribution in [2.24, 2.45) is 0 Å². The molecule has 1 saturated heterocycles. The first-order chi connectivity index (χ1) is 11.3. The van der Waals surface area contributed by atoms with Crippen molar-refractivity contribution >= 4 is 5.69 Å². The minimum Gasteiger partial charge on any atom is -0.497 e. The maximum absolute atomic E-state index is 9.21. The summed E-state index contributed by atoms with van der Waals surface area (Å²) in [6.07, 6.45) is 0. The zero-order valence-corrected chi connectivity index (χ0v) is 13.5. The van der Waals surface area contributed by atoms with Gasteiger partial charge in [0.2, 0.25) is 0 Å². The molecule has 0 saturated carbocycles. The van der Waals surface area contributed by atoms with E-state index in [9.17, 15) is 5.26 Å². The van der Waals surface area contributed by atoms with Gasteiger partial charge in [-0.2, -0.15) is 5.26 Å². The molecule has 0 bridgehead atoms. The number of benzene rings is 2. The molecule has 4 nitrogen and oxygen atoms in total. The Morgan fingerprint density at radius 3 is 2.65 bits per heavy atom. The van der Waals surface area contributed by atoms with Crippen LogP contribution in [-0.2, 0) is 6.54 Å². The predicted molar refractivity (Wildman–Crippen MR) is 90.8 cm³/mol. The summed E-state index contributed by atoms with van der Waals surface area (Å²) in [6.45, 7) is 5.14. The molecule has 1 aliphatic rings. The maximum Gasteiger partial charge on any atom is 0.120 e. The number of quaternary nitrogens is 1. The molecule has 0 spiro atoms. The molecule has 4 heteroatoms. The van der Waals surface area contributed by atoms with Gasteiger partial charge in [0.1, 0.15) is 12.3 Å². The van der Waals surface area contributed by atoms with Gasteiger partial charge in [-0.25, -0.2) is 0 Å². The van der Waals surface area contributed by atoms with E-state index >= 15 is 0 Å². The van der Waals surface area contributed by atoms with Crippen molar-refractivity contribution < 1.29 is 9.64 Å². The normalized spacial score (nSPS) is 15.2. The van der Waals surface area contributed by atoms with Gasteiger partial charge in [-0.15, -0.1) is 0 Å². The van der Waals surface area contributed by atoms with Crippen molar-refractivity contribution in [3.8, 4) is 11.8 Å². The van der Waals surface area contributed by atoms with E-state index in [0.717, 1.165) is 49.6 Å². The van der Waals surface area contributed by atoms with Crippen LogP contribution < -0.4 is 14.5 Å². The Labute approximate surface area is 137 Å². The number of nitrogens with zero attached hydrogens (tertiary/aromatic N) is 2. The molecule has 0 amide bonds. The lowest BCUT2D eigenvalue weighted by molar-refractivity contribution is -0.914. The second-order valence-corrected chi connectivity index (χ2v) is 5.88. The van der Waals surface area contributed by atoms with Crippen LogP contribution in [0.15, 0.2) is 48.5 Å². The highest BCUT2D eigenvalue weighted by molar-refractivity contribution is 5.50. The number of ether oxygens (including phenoxy) is 1. The fraction of sp³-hybridized carbons (Fsp3) is 0.316. The van der Waals surface area contributed by atoms with E-state index in [-0.39, 0.29) is 0 Å². The summed E-state index contributed by atoms with van der Waals surface area (Å²) in [5.74, 6) is 0.903. The van der Waals surface area contributed by atoms with Gasteiger partial charge >= 0.3 is 0 Å². The summed E-state index contributed by atoms with van der Waals surface area (Å²) >= 11 is 0. The summed E-state index contributed by atoms with van der Waals surface area (Å²) in [5.41, 5.74) is 3.18. The van der Waals surface area contributed by atoms with Crippen molar-refractivity contribution in [2.45, 2.75) is 6.54 Å². The number of methoxy groups -OCH3 is 1. The quantitative estimate of drug-likeness (QED) is 0.930. The molecule has 0 atom stereocenters. The predicted octanol–water partition coefficient (Wildman–Crippen LogP) is 1.47. The molecular formula is C19H22N3O+. The summed E-state index contributed by atoms with van der Waals surface area (Å²) in [6, 6.07) is 18.5. The molecular weight excluding hydrogens is 286 g/mol. The third-order valence-electron chi connectivity index (χ3n) is 4.47. The van der Waals surface area contributed by atoms with E-state index in [0.29, 0.717) is 0 Å². The van der Waals surface area contributed by atoms with Gasteiger partial charge < -0.3 is 14.5 Å². The molecule has 2 aromatic carbocycles. The number of hydrogen-bond donors (Lipinski definition) is 1. The second kappa shape index (κ2) is 7.17. The Hall–Kier alpha value is -2.51. The Morgan fingerprint density at radius 1 is 1.13 bits per heavy atom. The van der Waals surface area contributed by atoms with E-state index in [1.165, 1.54) is 10.6 Å². The molecule has 0 unspecified atom stereocenters. The van der Waals surface area contributed by atoms with Crippen LogP contribution in [0.25, 0.3) is 0 Å². The number of hydrogen-bond acceptors (Lipinski definition) is 3. The van der Waals surface area contributed by atoms with Crippen molar-refractivity contribution in [3.05, 3.63) is 59.7 Å². The minimum atomic E-state index is 0.801. The van der Waals surface area contributed by atoms with Crippen LogP contribution in [-0.4, -0.2) is 33.3 Å². The van der Waals surface area contributed by atoms with E-state index in [2.05, 4.69) is 29.2 Å². The topological polar surface area (TPSA) is 40.7 Å². The van der Waals surface area contributed by atoms with Crippen LogP contribution in [0.5, 0.6) is 5.75 Å². The van der Waals surface area contributed by atoms with Gasteiger partial charge in [0.05, 0.1) is 44.9 Å². The number of nitriles is 1. The minimum absolute atomic E-state index is 0.801. The van der Waals surface area contributed by atoms with E-state index < -0.39 is 0 Å².